The van der Waals surface area contributed by atoms with E-state index in [0.29, 0.717) is 0 Å². The molecular formula is C8H15N3O6S. The molecule has 10 heteroatoms. The first-order chi connectivity index (χ1) is 8.11. The monoisotopic (exact) mass is 281 g/mol. The molecule has 104 valence electrons. The standard InChI is InChI=1S/C8H15N3O6S/c1-18(16,17)11-7(13)3-2-6(12)10-4-5(9)8(14)15/h5H,2-4,9H2,1H3,(H,10,12)(H,11,13)(H,14,15)/t5-/m0/s1. The average molecular weight is 281 g/mol. The zero-order valence-corrected chi connectivity index (χ0v) is 10.5. The van der Waals surface area contributed by atoms with E-state index in [1.54, 1.807) is 4.72 Å². The minimum absolute atomic E-state index is 0.256. The van der Waals surface area contributed by atoms with Crippen LogP contribution in [0, 0.1) is 0 Å². The fourth-order valence-electron chi connectivity index (χ4n) is 0.884. The summed E-state index contributed by atoms with van der Waals surface area (Å²) in [5, 5.41) is 10.6. The van der Waals surface area contributed by atoms with Gasteiger partial charge in [0.2, 0.25) is 21.8 Å². The van der Waals surface area contributed by atoms with Crippen molar-refractivity contribution in [2.24, 2.45) is 5.73 Å². The molecule has 0 unspecified atom stereocenters. The van der Waals surface area contributed by atoms with E-state index in [2.05, 4.69) is 5.32 Å². The van der Waals surface area contributed by atoms with Gasteiger partial charge in [-0.15, -0.1) is 0 Å². The molecular weight excluding hydrogens is 266 g/mol. The van der Waals surface area contributed by atoms with Gasteiger partial charge in [0.15, 0.2) is 0 Å². The van der Waals surface area contributed by atoms with Crippen LogP contribution < -0.4 is 15.8 Å². The SMILES string of the molecule is CS(=O)(=O)NC(=O)CCC(=O)NC[C@H](N)C(=O)O. The lowest BCUT2D eigenvalue weighted by Crippen LogP contribution is -2.42. The van der Waals surface area contributed by atoms with Gasteiger partial charge in [-0.05, 0) is 0 Å². The Balaban J connectivity index is 3.91. The number of aliphatic carboxylic acids is 1. The van der Waals surface area contributed by atoms with Crippen LogP contribution in [0.3, 0.4) is 0 Å². The lowest BCUT2D eigenvalue weighted by molar-refractivity contribution is -0.138. The Morgan fingerprint density at radius 1 is 1.22 bits per heavy atom. The molecule has 0 aromatic carbocycles. The van der Waals surface area contributed by atoms with Crippen LogP contribution in [0.4, 0.5) is 0 Å². The zero-order chi connectivity index (χ0) is 14.3. The van der Waals surface area contributed by atoms with Crippen LogP contribution in [-0.2, 0) is 24.4 Å². The van der Waals surface area contributed by atoms with Gasteiger partial charge in [0.05, 0.1) is 6.26 Å². The van der Waals surface area contributed by atoms with Crippen LogP contribution in [0.15, 0.2) is 0 Å². The Morgan fingerprint density at radius 2 is 1.72 bits per heavy atom. The minimum Gasteiger partial charge on any atom is -0.480 e. The number of nitrogens with two attached hydrogens (primary N) is 1. The molecule has 0 rings (SSSR count). The van der Waals surface area contributed by atoms with E-state index in [-0.39, 0.29) is 19.4 Å². The number of carboxylic acids is 1. The first kappa shape index (κ1) is 16.3. The first-order valence-electron chi connectivity index (χ1n) is 4.87. The van der Waals surface area contributed by atoms with E-state index in [0.717, 1.165) is 6.26 Å². The molecule has 0 heterocycles. The van der Waals surface area contributed by atoms with Gasteiger partial charge in [-0.25, -0.2) is 8.42 Å². The quantitative estimate of drug-likeness (QED) is 0.397. The maximum absolute atomic E-state index is 11.2. The molecule has 0 aromatic rings. The second kappa shape index (κ2) is 6.91. The van der Waals surface area contributed by atoms with Crippen LogP contribution in [0.25, 0.3) is 0 Å². The number of rotatable bonds is 7. The van der Waals surface area contributed by atoms with Gasteiger partial charge in [0, 0.05) is 19.4 Å². The van der Waals surface area contributed by atoms with Crippen molar-refractivity contribution in [2.45, 2.75) is 18.9 Å². The van der Waals surface area contributed by atoms with Crippen molar-refractivity contribution in [2.75, 3.05) is 12.8 Å². The number of carboxylic acid groups (broad SMARTS) is 1. The van der Waals surface area contributed by atoms with Crippen LogP contribution in [-0.4, -0.2) is 50.2 Å². The number of carbonyl (C=O) groups is 3. The van der Waals surface area contributed by atoms with E-state index < -0.39 is 33.8 Å². The number of carbonyl (C=O) groups excluding carboxylic acids is 2. The molecule has 0 radical (unpaired) electrons. The Morgan fingerprint density at radius 3 is 2.17 bits per heavy atom. The smallest absolute Gasteiger partial charge is 0.322 e. The molecule has 1 atom stereocenters. The van der Waals surface area contributed by atoms with E-state index in [4.69, 9.17) is 10.8 Å². The predicted molar refractivity (Wildman–Crippen MR) is 60.8 cm³/mol. The number of hydrogen-bond acceptors (Lipinski definition) is 6. The topological polar surface area (TPSA) is 156 Å². The fourth-order valence-corrected chi connectivity index (χ4v) is 1.40. The number of amides is 2. The molecule has 9 nitrogen and oxygen atoms in total. The van der Waals surface area contributed by atoms with Crippen molar-refractivity contribution in [3.8, 4) is 0 Å². The average Bonchev–Trinajstić information content (AvgIpc) is 2.20. The summed E-state index contributed by atoms with van der Waals surface area (Å²) >= 11 is 0. The number of sulfonamides is 1. The summed E-state index contributed by atoms with van der Waals surface area (Å²) in [4.78, 5) is 32.5. The van der Waals surface area contributed by atoms with E-state index in [9.17, 15) is 22.8 Å². The summed E-state index contributed by atoms with van der Waals surface area (Å²) in [6.07, 6.45) is 0.242. The second-order valence-electron chi connectivity index (χ2n) is 3.55. The molecule has 0 fully saturated rings. The molecule has 0 aliphatic carbocycles. The highest BCUT2D eigenvalue weighted by Gasteiger charge is 2.14. The lowest BCUT2D eigenvalue weighted by Gasteiger charge is -2.08. The Kier molecular flexibility index (Phi) is 6.27. The third-order valence-corrected chi connectivity index (χ3v) is 2.31. The summed E-state index contributed by atoms with van der Waals surface area (Å²) in [7, 11) is -3.64. The minimum atomic E-state index is -3.64. The van der Waals surface area contributed by atoms with E-state index >= 15 is 0 Å². The first-order valence-corrected chi connectivity index (χ1v) is 6.76. The summed E-state index contributed by atoms with van der Waals surface area (Å²) in [6.45, 7) is -0.262. The molecule has 0 saturated carbocycles. The van der Waals surface area contributed by atoms with Gasteiger partial charge < -0.3 is 16.2 Å². The summed E-state index contributed by atoms with van der Waals surface area (Å²) < 4.78 is 23.0. The molecule has 5 N–H and O–H groups in total. The fraction of sp³-hybridized carbons (Fsp3) is 0.625. The molecule has 0 aromatic heterocycles. The Bertz CT molecular complexity index is 432. The highest BCUT2D eigenvalue weighted by Crippen LogP contribution is 1.91. The normalized spacial score (nSPS) is 12.6. The molecule has 0 saturated heterocycles. The molecule has 18 heavy (non-hydrogen) atoms. The number of hydrogen-bond donors (Lipinski definition) is 4. The largest absolute Gasteiger partial charge is 0.480 e. The zero-order valence-electron chi connectivity index (χ0n) is 9.67. The van der Waals surface area contributed by atoms with Crippen molar-refractivity contribution >= 4 is 27.8 Å². The lowest BCUT2D eigenvalue weighted by atomic mass is 10.2. The highest BCUT2D eigenvalue weighted by atomic mass is 32.2. The Hall–Kier alpha value is -1.68. The summed E-state index contributed by atoms with van der Waals surface area (Å²) in [5.41, 5.74) is 5.13. The summed E-state index contributed by atoms with van der Waals surface area (Å²) in [6, 6.07) is -1.22. The van der Waals surface area contributed by atoms with Gasteiger partial charge in [0.25, 0.3) is 0 Å². The van der Waals surface area contributed by atoms with E-state index in [1.165, 1.54) is 0 Å². The van der Waals surface area contributed by atoms with Gasteiger partial charge in [-0.3, -0.25) is 19.1 Å². The van der Waals surface area contributed by atoms with Crippen molar-refractivity contribution in [3.05, 3.63) is 0 Å². The molecule has 0 aliphatic heterocycles. The molecule has 0 spiro atoms. The van der Waals surface area contributed by atoms with Crippen LogP contribution >= 0.6 is 0 Å². The molecule has 0 aliphatic rings. The van der Waals surface area contributed by atoms with Crippen LogP contribution in [0.5, 0.6) is 0 Å². The van der Waals surface area contributed by atoms with E-state index in [1.807, 2.05) is 0 Å². The third kappa shape index (κ3) is 8.47. The highest BCUT2D eigenvalue weighted by molar-refractivity contribution is 7.89. The third-order valence-electron chi connectivity index (χ3n) is 1.71. The predicted octanol–water partition coefficient (Wildman–Crippen LogP) is -2.63. The summed E-state index contributed by atoms with van der Waals surface area (Å²) in [5.74, 6) is -2.66. The van der Waals surface area contributed by atoms with Crippen molar-refractivity contribution in [1.29, 1.82) is 0 Å². The van der Waals surface area contributed by atoms with Crippen LogP contribution in [0.1, 0.15) is 12.8 Å². The maximum Gasteiger partial charge on any atom is 0.322 e. The maximum atomic E-state index is 11.2. The van der Waals surface area contributed by atoms with Crippen molar-refractivity contribution in [1.82, 2.24) is 10.0 Å². The molecule has 0 bridgehead atoms. The van der Waals surface area contributed by atoms with Gasteiger partial charge in [-0.1, -0.05) is 0 Å². The van der Waals surface area contributed by atoms with Crippen molar-refractivity contribution < 1.29 is 27.9 Å². The van der Waals surface area contributed by atoms with Crippen LogP contribution in [0.2, 0.25) is 0 Å². The second-order valence-corrected chi connectivity index (χ2v) is 5.29. The Labute approximate surface area is 104 Å². The molecule has 2 amide bonds. The number of nitrogens with one attached hydrogen (secondary N) is 2. The van der Waals surface area contributed by atoms with Gasteiger partial charge in [0.1, 0.15) is 6.04 Å². The van der Waals surface area contributed by atoms with Gasteiger partial charge in [-0.2, -0.15) is 0 Å². The van der Waals surface area contributed by atoms with Crippen molar-refractivity contribution in [3.63, 3.8) is 0 Å². The van der Waals surface area contributed by atoms with Gasteiger partial charge >= 0.3 is 5.97 Å².